The normalized spacial score (nSPS) is 21.9. The molecule has 1 saturated carbocycles. The molecule has 0 aliphatic heterocycles. The Morgan fingerprint density at radius 1 is 1.40 bits per heavy atom. The number of rotatable bonds is 4. The summed E-state index contributed by atoms with van der Waals surface area (Å²) in [6.07, 6.45) is 6.81. The van der Waals surface area contributed by atoms with Gasteiger partial charge in [-0.3, -0.25) is 4.68 Å². The second-order valence-corrected chi connectivity index (χ2v) is 9.21. The van der Waals surface area contributed by atoms with Gasteiger partial charge in [0.25, 0.3) is 0 Å². The Morgan fingerprint density at radius 3 is 2.45 bits per heavy atom. The molecule has 0 amide bonds. The smallest absolute Gasteiger partial charge is 0.0976 e. The zero-order valence-corrected chi connectivity index (χ0v) is 14.1. The molecule has 0 bridgehead atoms. The van der Waals surface area contributed by atoms with Crippen molar-refractivity contribution in [2.75, 3.05) is 0 Å². The maximum atomic E-state index is 12.5. The zero-order chi connectivity index (χ0) is 15.0. The first kappa shape index (κ1) is 15.7. The van der Waals surface area contributed by atoms with Gasteiger partial charge < -0.3 is 0 Å². The molecule has 20 heavy (non-hydrogen) atoms. The van der Waals surface area contributed by atoms with Crippen molar-refractivity contribution in [3.8, 4) is 0 Å². The van der Waals surface area contributed by atoms with Gasteiger partial charge in [-0.1, -0.05) is 19.8 Å². The lowest BCUT2D eigenvalue weighted by Crippen LogP contribution is -2.41. The molecule has 114 valence electrons. The second-order valence-electron chi connectivity index (χ2n) is 7.21. The lowest BCUT2D eigenvalue weighted by molar-refractivity contribution is 0.244. The van der Waals surface area contributed by atoms with Gasteiger partial charge in [0.05, 0.1) is 27.5 Å². The zero-order valence-electron chi connectivity index (χ0n) is 13.3. The lowest BCUT2D eigenvalue weighted by atomic mass is 9.79. The van der Waals surface area contributed by atoms with Crippen LogP contribution in [0.3, 0.4) is 0 Å². The van der Waals surface area contributed by atoms with E-state index in [9.17, 15) is 4.21 Å². The van der Waals surface area contributed by atoms with E-state index in [2.05, 4.69) is 16.7 Å². The van der Waals surface area contributed by atoms with Gasteiger partial charge in [0, 0.05) is 13.2 Å². The van der Waals surface area contributed by atoms with Crippen molar-refractivity contribution in [1.82, 2.24) is 14.5 Å². The minimum atomic E-state index is -1.08. The van der Waals surface area contributed by atoms with Crippen LogP contribution in [0.2, 0.25) is 0 Å². The van der Waals surface area contributed by atoms with Crippen LogP contribution in [0.4, 0.5) is 0 Å². The minimum absolute atomic E-state index is 0.0614. The Balaban J connectivity index is 2.27. The van der Waals surface area contributed by atoms with E-state index in [-0.39, 0.29) is 16.2 Å². The first-order valence-electron chi connectivity index (χ1n) is 7.40. The van der Waals surface area contributed by atoms with Gasteiger partial charge in [0.2, 0.25) is 0 Å². The van der Waals surface area contributed by atoms with Crippen molar-refractivity contribution in [3.63, 3.8) is 0 Å². The van der Waals surface area contributed by atoms with Gasteiger partial charge in [-0.05, 0) is 45.1 Å². The quantitative estimate of drug-likeness (QED) is 0.928. The summed E-state index contributed by atoms with van der Waals surface area (Å²) in [5, 5.41) is 4.56. The van der Waals surface area contributed by atoms with Gasteiger partial charge in [-0.15, -0.1) is 0 Å². The first-order valence-corrected chi connectivity index (χ1v) is 8.55. The fraction of sp³-hybridized carbons (Fsp3) is 0.800. The summed E-state index contributed by atoms with van der Waals surface area (Å²) in [6.45, 7) is 8.31. The van der Waals surface area contributed by atoms with Crippen molar-refractivity contribution in [2.24, 2.45) is 12.5 Å². The van der Waals surface area contributed by atoms with Crippen LogP contribution >= 0.6 is 0 Å². The Labute approximate surface area is 124 Å². The average Bonchev–Trinajstić information content (AvgIpc) is 2.94. The highest BCUT2D eigenvalue weighted by Gasteiger charge is 2.41. The van der Waals surface area contributed by atoms with Crippen LogP contribution < -0.4 is 4.72 Å². The Kier molecular flexibility index (Phi) is 4.40. The van der Waals surface area contributed by atoms with Crippen molar-refractivity contribution < 1.29 is 4.21 Å². The number of nitrogens with zero attached hydrogens (tertiary/aromatic N) is 2. The number of nitrogens with one attached hydrogen (secondary N) is 1. The summed E-state index contributed by atoms with van der Waals surface area (Å²) >= 11 is 0. The van der Waals surface area contributed by atoms with Gasteiger partial charge in [-0.25, -0.2) is 8.93 Å². The van der Waals surface area contributed by atoms with Gasteiger partial charge in [0.1, 0.15) is 0 Å². The number of hydrogen-bond acceptors (Lipinski definition) is 2. The number of hydrogen-bond donors (Lipinski definition) is 1. The number of aryl methyl sites for hydroxylation is 1. The Hall–Kier alpha value is -0.680. The molecule has 1 aliphatic carbocycles. The highest BCUT2D eigenvalue weighted by molar-refractivity contribution is 7.84. The van der Waals surface area contributed by atoms with Gasteiger partial charge in [0.15, 0.2) is 0 Å². The van der Waals surface area contributed by atoms with Crippen LogP contribution in [0.5, 0.6) is 0 Å². The number of aromatic nitrogens is 2. The molecule has 2 rings (SSSR count). The molecule has 1 aliphatic rings. The maximum absolute atomic E-state index is 12.5. The second kappa shape index (κ2) is 5.60. The third kappa shape index (κ3) is 3.31. The fourth-order valence-corrected chi connectivity index (χ4v) is 3.87. The topological polar surface area (TPSA) is 46.9 Å². The molecule has 2 atom stereocenters. The van der Waals surface area contributed by atoms with Crippen LogP contribution in [0.25, 0.3) is 0 Å². The Morgan fingerprint density at radius 2 is 2.00 bits per heavy atom. The molecule has 1 heterocycles. The molecule has 1 aromatic heterocycles. The van der Waals surface area contributed by atoms with Crippen LogP contribution in [-0.2, 0) is 18.0 Å². The molecule has 5 heteroatoms. The van der Waals surface area contributed by atoms with Crippen LogP contribution in [0.15, 0.2) is 12.3 Å². The minimum Gasteiger partial charge on any atom is -0.275 e. The van der Waals surface area contributed by atoms with E-state index < -0.39 is 11.0 Å². The monoisotopic (exact) mass is 297 g/mol. The van der Waals surface area contributed by atoms with E-state index in [1.54, 1.807) is 0 Å². The summed E-state index contributed by atoms with van der Waals surface area (Å²) < 4.78 is 17.4. The maximum Gasteiger partial charge on any atom is 0.0976 e. The largest absolute Gasteiger partial charge is 0.275 e. The summed E-state index contributed by atoms with van der Waals surface area (Å²) in [5.41, 5.74) is 1.16. The fourth-order valence-electron chi connectivity index (χ4n) is 2.90. The van der Waals surface area contributed by atoms with E-state index in [4.69, 9.17) is 0 Å². The predicted octanol–water partition coefficient (Wildman–Crippen LogP) is 3.09. The average molecular weight is 297 g/mol. The summed E-state index contributed by atoms with van der Waals surface area (Å²) in [7, 11) is 0.849. The molecule has 0 spiro atoms. The molecule has 1 fully saturated rings. The molecule has 1 N–H and O–H groups in total. The summed E-state index contributed by atoms with van der Waals surface area (Å²) in [4.78, 5) is 0. The molecule has 4 nitrogen and oxygen atoms in total. The molecular weight excluding hydrogens is 270 g/mol. The predicted molar refractivity (Wildman–Crippen MR) is 83.6 cm³/mol. The third-order valence-electron chi connectivity index (χ3n) is 4.25. The van der Waals surface area contributed by atoms with Crippen molar-refractivity contribution in [1.29, 1.82) is 0 Å². The highest BCUT2D eigenvalue weighted by Crippen LogP contribution is 2.47. The van der Waals surface area contributed by atoms with Crippen LogP contribution in [0, 0.1) is 5.41 Å². The molecule has 0 saturated heterocycles. The molecule has 1 aromatic rings. The lowest BCUT2D eigenvalue weighted by Gasteiger charge is -2.35. The van der Waals surface area contributed by atoms with Gasteiger partial charge >= 0.3 is 0 Å². The molecule has 0 unspecified atom stereocenters. The van der Waals surface area contributed by atoms with Gasteiger partial charge in [-0.2, -0.15) is 5.10 Å². The SMILES string of the molecule is Cn1ccc([C@H](N[S@](=O)C(C)(C)C)C2(C)CCCC2)n1. The van der Waals surface area contributed by atoms with Crippen molar-refractivity contribution >= 4 is 11.0 Å². The molecule has 0 radical (unpaired) electrons. The van der Waals surface area contributed by atoms with E-state index in [0.717, 1.165) is 5.69 Å². The first-order chi connectivity index (χ1) is 9.22. The van der Waals surface area contributed by atoms with E-state index >= 15 is 0 Å². The van der Waals surface area contributed by atoms with Crippen molar-refractivity contribution in [3.05, 3.63) is 18.0 Å². The standard InChI is InChI=1S/C15H27N3OS/c1-14(2,3)20(19)17-13(12-8-11-18(5)16-12)15(4)9-6-7-10-15/h8,11,13,17H,6-7,9-10H2,1-5H3/t13-,20+/m0/s1. The highest BCUT2D eigenvalue weighted by atomic mass is 32.2. The van der Waals surface area contributed by atoms with E-state index in [0.29, 0.717) is 0 Å². The Bertz CT molecular complexity index is 484. The van der Waals surface area contributed by atoms with Crippen LogP contribution in [0.1, 0.15) is 65.1 Å². The van der Waals surface area contributed by atoms with E-state index in [1.807, 2.05) is 44.8 Å². The third-order valence-corrected chi connectivity index (χ3v) is 5.82. The molecular formula is C15H27N3OS. The summed E-state index contributed by atoms with van der Waals surface area (Å²) in [5.74, 6) is 0. The molecule has 0 aromatic carbocycles. The van der Waals surface area contributed by atoms with Crippen molar-refractivity contribution in [2.45, 2.75) is 64.2 Å². The van der Waals surface area contributed by atoms with Crippen LogP contribution in [-0.4, -0.2) is 18.7 Å². The van der Waals surface area contributed by atoms with E-state index in [1.165, 1.54) is 25.7 Å². The summed E-state index contributed by atoms with van der Waals surface area (Å²) in [6, 6.07) is 2.10.